The van der Waals surface area contributed by atoms with Gasteiger partial charge < -0.3 is 15.3 Å². The normalized spacial score (nSPS) is 12.2. The number of rotatable bonds is 16. The molecule has 1 atom stereocenters. The van der Waals surface area contributed by atoms with Gasteiger partial charge >= 0.3 is 0 Å². The second-order valence-electron chi connectivity index (χ2n) is 8.63. The second-order valence-corrected chi connectivity index (χ2v) is 9.78. The lowest BCUT2D eigenvalue weighted by atomic mass is 10.1. The summed E-state index contributed by atoms with van der Waals surface area (Å²) in [6, 6.07) is 19.1. The van der Waals surface area contributed by atoms with Crippen molar-refractivity contribution >= 4 is 28.8 Å². The number of hydrogen-bond donors (Lipinski definition) is 2. The first-order valence-corrected chi connectivity index (χ1v) is 13.2. The molecule has 0 fully saturated rings. The fourth-order valence-corrected chi connectivity index (χ4v) is 4.65. The van der Waals surface area contributed by atoms with Crippen LogP contribution in [-0.2, 0) is 0 Å². The summed E-state index contributed by atoms with van der Waals surface area (Å²) < 4.78 is 0. The fraction of sp³-hybridized carbons (Fsp3) is 0.556. The van der Waals surface area contributed by atoms with Gasteiger partial charge in [0.15, 0.2) is 0 Å². The van der Waals surface area contributed by atoms with Crippen molar-refractivity contribution in [3.8, 4) is 0 Å². The molecule has 3 nitrogen and oxygen atoms in total. The number of aliphatic hydroxyl groups excluding tert-OH is 1. The van der Waals surface area contributed by atoms with Crippen molar-refractivity contribution in [1.82, 2.24) is 0 Å². The molecule has 0 amide bonds. The van der Waals surface area contributed by atoms with Crippen LogP contribution in [0.4, 0.5) is 17.1 Å². The molecule has 2 aromatic carbocycles. The number of para-hydroxylation sites is 1. The van der Waals surface area contributed by atoms with Crippen LogP contribution in [0.1, 0.15) is 65.7 Å². The van der Waals surface area contributed by atoms with E-state index in [2.05, 4.69) is 67.4 Å². The van der Waals surface area contributed by atoms with Crippen molar-refractivity contribution in [3.05, 3.63) is 54.6 Å². The van der Waals surface area contributed by atoms with E-state index < -0.39 is 0 Å². The SMILES string of the molecule is CCCCCCCCCSCC(O)CN(c1ccc(Nc2ccccc2)cc1)C(C)C. The van der Waals surface area contributed by atoms with Gasteiger partial charge in [0.1, 0.15) is 0 Å². The Morgan fingerprint density at radius 1 is 0.839 bits per heavy atom. The zero-order valence-corrected chi connectivity index (χ0v) is 20.5. The molecule has 0 saturated heterocycles. The van der Waals surface area contributed by atoms with E-state index in [-0.39, 0.29) is 6.10 Å². The molecule has 172 valence electrons. The van der Waals surface area contributed by atoms with Crippen LogP contribution in [0.3, 0.4) is 0 Å². The molecule has 0 spiro atoms. The first-order valence-electron chi connectivity index (χ1n) is 12.0. The van der Waals surface area contributed by atoms with E-state index in [1.54, 1.807) is 0 Å². The van der Waals surface area contributed by atoms with E-state index >= 15 is 0 Å². The molecular weight excluding hydrogens is 400 g/mol. The molecule has 2 N–H and O–H groups in total. The highest BCUT2D eigenvalue weighted by atomic mass is 32.2. The predicted octanol–water partition coefficient (Wildman–Crippen LogP) is 7.49. The molecule has 0 heterocycles. The van der Waals surface area contributed by atoms with E-state index in [0.717, 1.165) is 28.6 Å². The first kappa shape index (κ1) is 25.6. The topological polar surface area (TPSA) is 35.5 Å². The minimum Gasteiger partial charge on any atom is -0.390 e. The van der Waals surface area contributed by atoms with Crippen LogP contribution in [0.5, 0.6) is 0 Å². The Hall–Kier alpha value is -1.65. The van der Waals surface area contributed by atoms with Gasteiger partial charge in [-0.15, -0.1) is 0 Å². The summed E-state index contributed by atoms with van der Waals surface area (Å²) in [4.78, 5) is 2.30. The Labute approximate surface area is 194 Å². The molecule has 0 aromatic heterocycles. The quantitative estimate of drug-likeness (QED) is 0.264. The van der Waals surface area contributed by atoms with E-state index in [0.29, 0.717) is 12.6 Å². The van der Waals surface area contributed by atoms with Crippen LogP contribution in [0.25, 0.3) is 0 Å². The molecule has 0 saturated carbocycles. The van der Waals surface area contributed by atoms with Gasteiger partial charge in [0.05, 0.1) is 6.10 Å². The fourth-order valence-electron chi connectivity index (χ4n) is 3.70. The lowest BCUT2D eigenvalue weighted by Crippen LogP contribution is -2.38. The van der Waals surface area contributed by atoms with Crippen LogP contribution in [0, 0.1) is 0 Å². The number of nitrogens with zero attached hydrogens (tertiary/aromatic N) is 1. The average Bonchev–Trinajstić information content (AvgIpc) is 2.77. The summed E-state index contributed by atoms with van der Waals surface area (Å²) in [5.41, 5.74) is 3.32. The van der Waals surface area contributed by atoms with Crippen LogP contribution < -0.4 is 10.2 Å². The van der Waals surface area contributed by atoms with Gasteiger partial charge in [0.25, 0.3) is 0 Å². The maximum atomic E-state index is 10.6. The van der Waals surface area contributed by atoms with Crippen molar-refractivity contribution in [2.24, 2.45) is 0 Å². The average molecular weight is 443 g/mol. The van der Waals surface area contributed by atoms with E-state index in [1.165, 1.54) is 44.9 Å². The highest BCUT2D eigenvalue weighted by Crippen LogP contribution is 2.23. The maximum Gasteiger partial charge on any atom is 0.0805 e. The Morgan fingerprint density at radius 2 is 1.45 bits per heavy atom. The third-order valence-electron chi connectivity index (χ3n) is 5.49. The maximum absolute atomic E-state index is 10.6. The zero-order chi connectivity index (χ0) is 22.3. The standard InChI is InChI=1S/C27H42N2OS/c1-4-5-6-7-8-9-13-20-31-22-27(30)21-29(23(2)3)26-18-16-25(17-19-26)28-24-14-11-10-12-15-24/h10-12,14-19,23,27-28,30H,4-9,13,20-22H2,1-3H3. The number of benzene rings is 2. The summed E-state index contributed by atoms with van der Waals surface area (Å²) in [5.74, 6) is 1.97. The molecule has 0 bridgehead atoms. The molecule has 31 heavy (non-hydrogen) atoms. The number of aliphatic hydroxyl groups is 1. The first-order chi connectivity index (χ1) is 15.1. The largest absolute Gasteiger partial charge is 0.390 e. The van der Waals surface area contributed by atoms with E-state index in [9.17, 15) is 5.11 Å². The van der Waals surface area contributed by atoms with Crippen LogP contribution in [0.2, 0.25) is 0 Å². The Balaban J connectivity index is 1.72. The Kier molecular flexibility index (Phi) is 12.6. The third-order valence-corrected chi connectivity index (χ3v) is 6.69. The Bertz CT molecular complexity index is 690. The molecule has 0 aliphatic carbocycles. The Morgan fingerprint density at radius 3 is 2.10 bits per heavy atom. The van der Waals surface area contributed by atoms with Crippen molar-refractivity contribution in [3.63, 3.8) is 0 Å². The van der Waals surface area contributed by atoms with Crippen molar-refractivity contribution in [2.45, 2.75) is 77.9 Å². The van der Waals surface area contributed by atoms with Gasteiger partial charge in [-0.2, -0.15) is 11.8 Å². The summed E-state index contributed by atoms with van der Waals surface area (Å²) >= 11 is 1.90. The smallest absolute Gasteiger partial charge is 0.0805 e. The lowest BCUT2D eigenvalue weighted by Gasteiger charge is -2.31. The monoisotopic (exact) mass is 442 g/mol. The number of nitrogens with one attached hydrogen (secondary N) is 1. The zero-order valence-electron chi connectivity index (χ0n) is 19.7. The molecule has 2 aromatic rings. The van der Waals surface area contributed by atoms with Gasteiger partial charge in [-0.1, -0.05) is 63.6 Å². The molecule has 0 radical (unpaired) electrons. The summed E-state index contributed by atoms with van der Waals surface area (Å²) in [5, 5.41) is 14.0. The molecule has 4 heteroatoms. The number of hydrogen-bond acceptors (Lipinski definition) is 4. The number of thioether (sulfide) groups is 1. The summed E-state index contributed by atoms with van der Waals surface area (Å²) in [6.45, 7) is 7.32. The molecule has 0 aliphatic heterocycles. The summed E-state index contributed by atoms with van der Waals surface area (Å²) in [6.07, 6.45) is 9.11. The van der Waals surface area contributed by atoms with Crippen LogP contribution in [0.15, 0.2) is 54.6 Å². The van der Waals surface area contributed by atoms with Gasteiger partial charge in [-0.25, -0.2) is 0 Å². The second kappa shape index (κ2) is 15.2. The van der Waals surface area contributed by atoms with Crippen LogP contribution in [-0.4, -0.2) is 35.3 Å². The van der Waals surface area contributed by atoms with Crippen molar-refractivity contribution in [2.75, 3.05) is 28.3 Å². The van der Waals surface area contributed by atoms with Crippen LogP contribution >= 0.6 is 11.8 Å². The van der Waals surface area contributed by atoms with E-state index in [1.807, 2.05) is 30.0 Å². The molecule has 1 unspecified atom stereocenters. The molecule has 2 rings (SSSR count). The lowest BCUT2D eigenvalue weighted by molar-refractivity contribution is 0.202. The van der Waals surface area contributed by atoms with Gasteiger partial charge in [0.2, 0.25) is 0 Å². The number of anilines is 3. The minimum atomic E-state index is -0.306. The third kappa shape index (κ3) is 10.5. The van der Waals surface area contributed by atoms with Crippen molar-refractivity contribution < 1.29 is 5.11 Å². The molecule has 0 aliphatic rings. The summed E-state index contributed by atoms with van der Waals surface area (Å²) in [7, 11) is 0. The van der Waals surface area contributed by atoms with Gasteiger partial charge in [-0.3, -0.25) is 0 Å². The van der Waals surface area contributed by atoms with Gasteiger partial charge in [-0.05, 0) is 62.4 Å². The number of unbranched alkanes of at least 4 members (excludes halogenated alkanes) is 6. The van der Waals surface area contributed by atoms with Crippen molar-refractivity contribution in [1.29, 1.82) is 0 Å². The highest BCUT2D eigenvalue weighted by Gasteiger charge is 2.15. The minimum absolute atomic E-state index is 0.306. The van der Waals surface area contributed by atoms with Gasteiger partial charge in [0, 0.05) is 35.4 Å². The molecular formula is C27H42N2OS. The highest BCUT2D eigenvalue weighted by molar-refractivity contribution is 7.99. The predicted molar refractivity (Wildman–Crippen MR) is 140 cm³/mol. The van der Waals surface area contributed by atoms with E-state index in [4.69, 9.17) is 0 Å².